The van der Waals surface area contributed by atoms with Gasteiger partial charge >= 0.3 is 0 Å². The summed E-state index contributed by atoms with van der Waals surface area (Å²) < 4.78 is 9.10. The first-order valence-electron chi connectivity index (χ1n) is 16.7. The highest BCUT2D eigenvalue weighted by Crippen LogP contribution is 2.41. The fourth-order valence-electron chi connectivity index (χ4n) is 7.13. The van der Waals surface area contributed by atoms with Crippen molar-refractivity contribution in [3.05, 3.63) is 170 Å². The summed E-state index contributed by atoms with van der Waals surface area (Å²) in [6.45, 7) is 0. The van der Waals surface area contributed by atoms with Crippen LogP contribution in [0.4, 0.5) is 0 Å². The molecule has 50 heavy (non-hydrogen) atoms. The average molecular weight is 657 g/mol. The van der Waals surface area contributed by atoms with Crippen LogP contribution in [0.1, 0.15) is 0 Å². The van der Waals surface area contributed by atoms with Crippen LogP contribution >= 0.6 is 11.3 Å². The molecule has 3 aromatic heterocycles. The highest BCUT2D eigenvalue weighted by molar-refractivity contribution is 7.26. The Morgan fingerprint density at radius 2 is 1.02 bits per heavy atom. The Morgan fingerprint density at radius 1 is 0.420 bits per heavy atom. The van der Waals surface area contributed by atoms with Gasteiger partial charge in [-0.2, -0.15) is 0 Å². The Bertz CT molecular complexity index is 2870. The standard InChI is InChI=1S/C46H28N2OS/c1-2-9-29(10-3-1)30-19-21-31(22-20-30)34-23-24-41-40(27-34)44-45(49-41)43(47-28-48-44)36-14-7-12-33(26-36)32-11-6-13-35(25-32)37-16-8-17-39-38-15-4-5-18-42(38)50-46(37)39/h1-28H. The maximum Gasteiger partial charge on any atom is 0.180 e. The van der Waals surface area contributed by atoms with Gasteiger partial charge in [0.2, 0.25) is 0 Å². The van der Waals surface area contributed by atoms with E-state index in [0.717, 1.165) is 50.0 Å². The van der Waals surface area contributed by atoms with Gasteiger partial charge in [0, 0.05) is 31.1 Å². The number of rotatable bonds is 5. The number of furan rings is 1. The quantitative estimate of drug-likeness (QED) is 0.185. The second-order valence-electron chi connectivity index (χ2n) is 12.6. The van der Waals surface area contributed by atoms with E-state index in [1.807, 2.05) is 23.5 Å². The van der Waals surface area contributed by atoms with Gasteiger partial charge in [0.15, 0.2) is 5.58 Å². The molecular formula is C46H28N2OS. The van der Waals surface area contributed by atoms with Gasteiger partial charge in [-0.15, -0.1) is 11.3 Å². The monoisotopic (exact) mass is 656 g/mol. The lowest BCUT2D eigenvalue weighted by Crippen LogP contribution is -1.88. The van der Waals surface area contributed by atoms with Gasteiger partial charge in [-0.1, -0.05) is 133 Å². The summed E-state index contributed by atoms with van der Waals surface area (Å²) in [6.07, 6.45) is 1.65. The first-order chi connectivity index (χ1) is 24.8. The summed E-state index contributed by atoms with van der Waals surface area (Å²) >= 11 is 1.86. The molecule has 0 aliphatic carbocycles. The van der Waals surface area contributed by atoms with E-state index >= 15 is 0 Å². The molecule has 234 valence electrons. The predicted octanol–water partition coefficient (Wildman–Crippen LogP) is 13.1. The minimum Gasteiger partial charge on any atom is -0.452 e. The lowest BCUT2D eigenvalue weighted by molar-refractivity contribution is 0.667. The van der Waals surface area contributed by atoms with Gasteiger partial charge in [0.1, 0.15) is 23.1 Å². The predicted molar refractivity (Wildman–Crippen MR) is 209 cm³/mol. The summed E-state index contributed by atoms with van der Waals surface area (Å²) in [6, 6.07) is 58.2. The Kier molecular flexibility index (Phi) is 6.68. The van der Waals surface area contributed by atoms with E-state index in [4.69, 9.17) is 14.4 Å². The minimum atomic E-state index is 0.696. The minimum absolute atomic E-state index is 0.696. The SMILES string of the molecule is c1ccc(-c2ccc(-c3ccc4oc5c(-c6cccc(-c7cccc(-c8cccc9c8sc8ccccc89)c7)c6)ncnc5c4c3)cc2)cc1. The maximum absolute atomic E-state index is 6.47. The van der Waals surface area contributed by atoms with E-state index in [1.165, 1.54) is 42.4 Å². The Labute approximate surface area is 292 Å². The molecule has 0 saturated heterocycles. The molecule has 3 nitrogen and oxygen atoms in total. The molecule has 7 aromatic carbocycles. The summed E-state index contributed by atoms with van der Waals surface area (Å²) in [5.74, 6) is 0. The van der Waals surface area contributed by atoms with Crippen molar-refractivity contribution >= 4 is 53.6 Å². The third kappa shape index (κ3) is 4.80. The van der Waals surface area contributed by atoms with E-state index in [1.54, 1.807) is 6.33 Å². The number of benzene rings is 7. The van der Waals surface area contributed by atoms with Crippen molar-refractivity contribution < 1.29 is 4.42 Å². The third-order valence-electron chi connectivity index (χ3n) is 9.62. The number of hydrogen-bond acceptors (Lipinski definition) is 4. The van der Waals surface area contributed by atoms with E-state index < -0.39 is 0 Å². The van der Waals surface area contributed by atoms with E-state index in [0.29, 0.717) is 5.58 Å². The molecule has 0 bridgehead atoms. The van der Waals surface area contributed by atoms with Gasteiger partial charge < -0.3 is 4.42 Å². The number of aromatic nitrogens is 2. The van der Waals surface area contributed by atoms with Crippen molar-refractivity contribution in [1.29, 1.82) is 0 Å². The van der Waals surface area contributed by atoms with E-state index in [9.17, 15) is 0 Å². The second-order valence-corrected chi connectivity index (χ2v) is 13.7. The zero-order valence-electron chi connectivity index (χ0n) is 26.9. The number of nitrogens with zero attached hydrogens (tertiary/aromatic N) is 2. The van der Waals surface area contributed by atoms with E-state index in [2.05, 4.69) is 152 Å². The lowest BCUT2D eigenvalue weighted by atomic mass is 9.96. The van der Waals surface area contributed by atoms with E-state index in [-0.39, 0.29) is 0 Å². The second kappa shape index (κ2) is 11.7. The molecule has 0 aliphatic heterocycles. The van der Waals surface area contributed by atoms with Crippen molar-refractivity contribution in [3.63, 3.8) is 0 Å². The molecule has 0 amide bonds. The first-order valence-corrected chi connectivity index (χ1v) is 17.5. The largest absolute Gasteiger partial charge is 0.452 e. The smallest absolute Gasteiger partial charge is 0.180 e. The third-order valence-corrected chi connectivity index (χ3v) is 10.8. The first kappa shape index (κ1) is 28.6. The number of fused-ring (bicyclic) bond motifs is 6. The topological polar surface area (TPSA) is 38.9 Å². The summed E-state index contributed by atoms with van der Waals surface area (Å²) in [5.41, 5.74) is 13.5. The Balaban J connectivity index is 1.01. The molecule has 0 unspecified atom stereocenters. The molecule has 4 heteroatoms. The van der Waals surface area contributed by atoms with Crippen LogP contribution < -0.4 is 0 Å². The van der Waals surface area contributed by atoms with Crippen LogP contribution in [0.5, 0.6) is 0 Å². The van der Waals surface area contributed by atoms with Crippen molar-refractivity contribution in [1.82, 2.24) is 9.97 Å². The molecule has 0 radical (unpaired) electrons. The van der Waals surface area contributed by atoms with Gasteiger partial charge in [-0.25, -0.2) is 9.97 Å². The Morgan fingerprint density at radius 3 is 1.86 bits per heavy atom. The van der Waals surface area contributed by atoms with Crippen LogP contribution in [0, 0.1) is 0 Å². The Hall–Kier alpha value is -6.36. The molecule has 0 N–H and O–H groups in total. The van der Waals surface area contributed by atoms with Crippen LogP contribution in [0.15, 0.2) is 175 Å². The van der Waals surface area contributed by atoms with Gasteiger partial charge in [-0.3, -0.25) is 0 Å². The number of hydrogen-bond donors (Lipinski definition) is 0. The van der Waals surface area contributed by atoms with Crippen molar-refractivity contribution in [2.75, 3.05) is 0 Å². The molecule has 3 heterocycles. The fourth-order valence-corrected chi connectivity index (χ4v) is 8.37. The van der Waals surface area contributed by atoms with Crippen molar-refractivity contribution in [3.8, 4) is 55.8 Å². The highest BCUT2D eigenvalue weighted by Gasteiger charge is 2.17. The van der Waals surface area contributed by atoms with Crippen LogP contribution in [-0.4, -0.2) is 9.97 Å². The summed E-state index contributed by atoms with van der Waals surface area (Å²) in [7, 11) is 0. The molecule has 10 aromatic rings. The molecule has 0 atom stereocenters. The maximum atomic E-state index is 6.47. The zero-order chi connectivity index (χ0) is 33.0. The highest BCUT2D eigenvalue weighted by atomic mass is 32.1. The normalized spacial score (nSPS) is 11.6. The summed E-state index contributed by atoms with van der Waals surface area (Å²) in [5, 5.41) is 3.60. The fraction of sp³-hybridized carbons (Fsp3) is 0. The van der Waals surface area contributed by atoms with Crippen LogP contribution in [-0.2, 0) is 0 Å². The van der Waals surface area contributed by atoms with Gasteiger partial charge in [0.25, 0.3) is 0 Å². The lowest BCUT2D eigenvalue weighted by Gasteiger charge is -2.09. The molecule has 0 aliphatic rings. The van der Waals surface area contributed by atoms with Crippen molar-refractivity contribution in [2.45, 2.75) is 0 Å². The molecule has 10 rings (SSSR count). The van der Waals surface area contributed by atoms with Gasteiger partial charge in [0.05, 0.1) is 0 Å². The summed E-state index contributed by atoms with van der Waals surface area (Å²) in [4.78, 5) is 9.45. The van der Waals surface area contributed by atoms with Gasteiger partial charge in [-0.05, 0) is 74.8 Å². The van der Waals surface area contributed by atoms with Crippen LogP contribution in [0.2, 0.25) is 0 Å². The van der Waals surface area contributed by atoms with Crippen molar-refractivity contribution in [2.24, 2.45) is 0 Å². The molecule has 0 spiro atoms. The molecular weight excluding hydrogens is 629 g/mol. The van der Waals surface area contributed by atoms with Crippen LogP contribution in [0.25, 0.3) is 98.0 Å². The number of thiophene rings is 1. The molecule has 0 fully saturated rings. The zero-order valence-corrected chi connectivity index (χ0v) is 27.7. The average Bonchev–Trinajstić information content (AvgIpc) is 3.77. The molecule has 0 saturated carbocycles. The van der Waals surface area contributed by atoms with Crippen LogP contribution in [0.3, 0.4) is 0 Å².